The van der Waals surface area contributed by atoms with E-state index >= 15 is 0 Å². The zero-order valence-electron chi connectivity index (χ0n) is 17.1. The van der Waals surface area contributed by atoms with Crippen LogP contribution in [0.5, 0.6) is 0 Å². The van der Waals surface area contributed by atoms with Crippen molar-refractivity contribution in [2.24, 2.45) is 0 Å². The van der Waals surface area contributed by atoms with Gasteiger partial charge >= 0.3 is 5.97 Å². The van der Waals surface area contributed by atoms with E-state index in [0.717, 1.165) is 6.08 Å². The molecule has 7 nitrogen and oxygen atoms in total. The summed E-state index contributed by atoms with van der Waals surface area (Å²) >= 11 is 18.3. The number of halogens is 3. The predicted molar refractivity (Wildman–Crippen MR) is 128 cm³/mol. The highest BCUT2D eigenvalue weighted by molar-refractivity contribution is 6.36. The molecule has 0 saturated carbocycles. The summed E-state index contributed by atoms with van der Waals surface area (Å²) in [5.41, 5.74) is 0.524. The standard InChI is InChI=1S/C23H16Cl3N3O4/c1-2-32-23(31)19-20(26)18(33-22(19)29-17-8-4-6-15(25)11-17)9-13(12-27)21(30)28-16-7-3-5-14(24)10-16/h3-11,29H,2H2,1H3,(H,28,30)/b13-9+. The summed E-state index contributed by atoms with van der Waals surface area (Å²) in [5, 5.41) is 15.7. The van der Waals surface area contributed by atoms with Gasteiger partial charge in [0.1, 0.15) is 22.2 Å². The molecule has 0 unspecified atom stereocenters. The second-order valence-electron chi connectivity index (χ2n) is 6.47. The van der Waals surface area contributed by atoms with Crippen LogP contribution in [-0.2, 0) is 9.53 Å². The van der Waals surface area contributed by atoms with E-state index in [1.807, 2.05) is 0 Å². The van der Waals surface area contributed by atoms with Crippen LogP contribution in [0.3, 0.4) is 0 Å². The number of nitrogens with one attached hydrogen (secondary N) is 2. The quantitative estimate of drug-likeness (QED) is 0.211. The third-order valence-corrected chi connectivity index (χ3v) is 5.01. The van der Waals surface area contributed by atoms with E-state index in [4.69, 9.17) is 44.0 Å². The molecule has 0 radical (unpaired) electrons. The van der Waals surface area contributed by atoms with Gasteiger partial charge in [-0.2, -0.15) is 5.26 Å². The Morgan fingerprint density at radius 2 is 1.73 bits per heavy atom. The Morgan fingerprint density at radius 3 is 2.33 bits per heavy atom. The molecule has 0 aliphatic carbocycles. The van der Waals surface area contributed by atoms with Gasteiger partial charge in [0, 0.05) is 27.5 Å². The highest BCUT2D eigenvalue weighted by atomic mass is 35.5. The molecular weight excluding hydrogens is 489 g/mol. The maximum absolute atomic E-state index is 12.6. The van der Waals surface area contributed by atoms with Crippen molar-refractivity contribution in [3.63, 3.8) is 0 Å². The molecule has 1 aromatic heterocycles. The van der Waals surface area contributed by atoms with Gasteiger partial charge in [-0.15, -0.1) is 0 Å². The molecule has 0 fully saturated rings. The van der Waals surface area contributed by atoms with Gasteiger partial charge in [0.25, 0.3) is 5.91 Å². The molecule has 10 heteroatoms. The van der Waals surface area contributed by atoms with Gasteiger partial charge in [-0.25, -0.2) is 4.79 Å². The van der Waals surface area contributed by atoms with Gasteiger partial charge in [-0.1, -0.05) is 46.9 Å². The van der Waals surface area contributed by atoms with Crippen molar-refractivity contribution in [1.29, 1.82) is 5.26 Å². The number of nitrogens with zero attached hydrogens (tertiary/aromatic N) is 1. The number of amides is 1. The highest BCUT2D eigenvalue weighted by Crippen LogP contribution is 2.36. The Bertz CT molecular complexity index is 1280. The van der Waals surface area contributed by atoms with Crippen LogP contribution >= 0.6 is 34.8 Å². The SMILES string of the molecule is CCOC(=O)c1c(Nc2cccc(Cl)c2)oc(/C=C(\C#N)C(=O)Nc2cccc(Cl)c2)c1Cl. The average molecular weight is 505 g/mol. The molecule has 0 saturated heterocycles. The second-order valence-corrected chi connectivity index (χ2v) is 7.73. The molecule has 1 heterocycles. The molecule has 3 rings (SSSR count). The summed E-state index contributed by atoms with van der Waals surface area (Å²) in [6.45, 7) is 1.75. The number of hydrogen-bond acceptors (Lipinski definition) is 6. The van der Waals surface area contributed by atoms with Crippen LogP contribution in [0.25, 0.3) is 6.08 Å². The number of nitriles is 1. The van der Waals surface area contributed by atoms with Crippen LogP contribution in [0.1, 0.15) is 23.0 Å². The molecule has 168 valence electrons. The molecule has 2 N–H and O–H groups in total. The first kappa shape index (κ1) is 24.2. The lowest BCUT2D eigenvalue weighted by atomic mass is 10.2. The zero-order valence-corrected chi connectivity index (χ0v) is 19.4. The molecular formula is C23H16Cl3N3O4. The Balaban J connectivity index is 1.98. The van der Waals surface area contributed by atoms with Crippen molar-refractivity contribution in [3.8, 4) is 6.07 Å². The molecule has 0 aliphatic rings. The molecule has 0 aliphatic heterocycles. The number of anilines is 3. The van der Waals surface area contributed by atoms with Gasteiger partial charge < -0.3 is 19.8 Å². The van der Waals surface area contributed by atoms with E-state index in [1.54, 1.807) is 55.5 Å². The van der Waals surface area contributed by atoms with Crippen molar-refractivity contribution in [2.45, 2.75) is 6.92 Å². The number of rotatable bonds is 7. The van der Waals surface area contributed by atoms with Crippen molar-refractivity contribution in [3.05, 3.63) is 80.5 Å². The van der Waals surface area contributed by atoms with E-state index in [2.05, 4.69) is 10.6 Å². The number of hydrogen-bond donors (Lipinski definition) is 2. The highest BCUT2D eigenvalue weighted by Gasteiger charge is 2.26. The average Bonchev–Trinajstić information content (AvgIpc) is 3.06. The normalized spacial score (nSPS) is 10.9. The van der Waals surface area contributed by atoms with Gasteiger partial charge in [-0.3, -0.25) is 4.79 Å². The topological polar surface area (TPSA) is 104 Å². The number of carbonyl (C=O) groups excluding carboxylic acids is 2. The first-order valence-corrected chi connectivity index (χ1v) is 10.7. The third-order valence-electron chi connectivity index (χ3n) is 4.16. The Hall–Kier alpha value is -3.44. The van der Waals surface area contributed by atoms with Gasteiger partial charge in [-0.05, 0) is 43.3 Å². The molecule has 3 aromatic rings. The van der Waals surface area contributed by atoms with Crippen molar-refractivity contribution >= 4 is 70.0 Å². The van der Waals surface area contributed by atoms with Gasteiger partial charge in [0.05, 0.1) is 6.61 Å². The van der Waals surface area contributed by atoms with E-state index in [0.29, 0.717) is 21.4 Å². The predicted octanol–water partition coefficient (Wildman–Crippen LogP) is 6.71. The number of ether oxygens (including phenoxy) is 1. The van der Waals surface area contributed by atoms with E-state index in [1.165, 1.54) is 6.07 Å². The van der Waals surface area contributed by atoms with E-state index in [9.17, 15) is 14.9 Å². The first-order valence-electron chi connectivity index (χ1n) is 9.53. The van der Waals surface area contributed by atoms with Crippen LogP contribution in [0.4, 0.5) is 17.3 Å². The van der Waals surface area contributed by atoms with Crippen molar-refractivity contribution in [1.82, 2.24) is 0 Å². The summed E-state index contributed by atoms with van der Waals surface area (Å²) in [6, 6.07) is 14.9. The maximum Gasteiger partial charge on any atom is 0.345 e. The molecule has 0 spiro atoms. The maximum atomic E-state index is 12.6. The van der Waals surface area contributed by atoms with Crippen LogP contribution in [-0.4, -0.2) is 18.5 Å². The smallest absolute Gasteiger partial charge is 0.345 e. The van der Waals surface area contributed by atoms with E-state index < -0.39 is 11.9 Å². The summed E-state index contributed by atoms with van der Waals surface area (Å²) in [6.07, 6.45) is 1.13. The fraction of sp³-hybridized carbons (Fsp3) is 0.0870. The number of esters is 1. The molecule has 2 aromatic carbocycles. The van der Waals surface area contributed by atoms with E-state index in [-0.39, 0.29) is 34.4 Å². The van der Waals surface area contributed by atoms with Gasteiger partial charge in [0.2, 0.25) is 5.88 Å². The summed E-state index contributed by atoms with van der Waals surface area (Å²) in [5.74, 6) is -1.56. The largest absolute Gasteiger partial charge is 0.462 e. The zero-order chi connectivity index (χ0) is 24.0. The Morgan fingerprint density at radius 1 is 1.09 bits per heavy atom. The number of furan rings is 1. The molecule has 0 bridgehead atoms. The van der Waals surface area contributed by atoms with Crippen LogP contribution < -0.4 is 10.6 Å². The van der Waals surface area contributed by atoms with Crippen LogP contribution in [0.15, 0.2) is 58.5 Å². The summed E-state index contributed by atoms with van der Waals surface area (Å²) in [7, 11) is 0. The third kappa shape index (κ3) is 6.08. The fourth-order valence-electron chi connectivity index (χ4n) is 2.74. The first-order chi connectivity index (χ1) is 15.8. The summed E-state index contributed by atoms with van der Waals surface area (Å²) < 4.78 is 10.8. The lowest BCUT2D eigenvalue weighted by molar-refractivity contribution is -0.112. The molecule has 33 heavy (non-hydrogen) atoms. The Labute approximate surface area is 204 Å². The number of carbonyl (C=O) groups is 2. The molecule has 1 amide bonds. The summed E-state index contributed by atoms with van der Waals surface area (Å²) in [4.78, 5) is 25.1. The van der Waals surface area contributed by atoms with Crippen molar-refractivity contribution < 1.29 is 18.7 Å². The monoisotopic (exact) mass is 503 g/mol. The fourth-order valence-corrected chi connectivity index (χ4v) is 3.37. The van der Waals surface area contributed by atoms with Gasteiger partial charge in [0.15, 0.2) is 5.76 Å². The van der Waals surface area contributed by atoms with Crippen LogP contribution in [0.2, 0.25) is 15.1 Å². The minimum Gasteiger partial charge on any atom is -0.462 e. The minimum atomic E-state index is -0.739. The minimum absolute atomic E-state index is 0.0282. The lowest BCUT2D eigenvalue weighted by Gasteiger charge is -2.06. The number of benzene rings is 2. The van der Waals surface area contributed by atoms with Crippen LogP contribution in [0, 0.1) is 11.3 Å². The van der Waals surface area contributed by atoms with Crippen molar-refractivity contribution in [2.75, 3.05) is 17.2 Å². The molecule has 0 atom stereocenters. The second kappa shape index (κ2) is 10.9. The Kier molecular flexibility index (Phi) is 8.01. The lowest BCUT2D eigenvalue weighted by Crippen LogP contribution is -2.13.